The average Bonchev–Trinajstić information content (AvgIpc) is 1.71. The van der Waals surface area contributed by atoms with Gasteiger partial charge in [-0.2, -0.15) is 0 Å². The van der Waals surface area contributed by atoms with Crippen molar-refractivity contribution in [3.8, 4) is 44.8 Å². The SMILES string of the molecule is CC(C)c1c(C(=O)Nc2ccccc2)c(-c2ccccc2)c(-c2ccc(F)cc2)n1CC[C@@H](O)C[C@@H](O)CC(=O)[O-].CC(C)c1c(C(=O)Nc2ccccc2)c(-c2ccccc2)c(-c2ccc(F)cc2)n1CC[C@@H](O)C[C@@H](O)CC(=O)[O-].COC(=O)C1=C(C)NC(C)=C(C(=O)OC(C)(C)CN(C)CCC(c2ccccc2)c2ccccc2)C1c1cccc([N+](=O)[O-])c1.Cl.[Ca+2]. The molecule has 1 aliphatic rings. The van der Waals surface area contributed by atoms with Crippen LogP contribution in [0, 0.1) is 21.7 Å². The number of aliphatic hydroxyl groups is 4. The molecule has 7 N–H and O–H groups in total. The molecule has 2 aromatic heterocycles. The number of esters is 2. The zero-order valence-corrected chi connectivity index (χ0v) is 77.0. The first-order valence-corrected chi connectivity index (χ1v) is 42.3. The third-order valence-corrected chi connectivity index (χ3v) is 21.9. The van der Waals surface area contributed by atoms with Gasteiger partial charge >= 0.3 is 49.7 Å². The number of nitrogens with one attached hydrogen (secondary N) is 3. The molecular weight excluding hydrogens is 1690 g/mol. The zero-order chi connectivity index (χ0) is 91.8. The van der Waals surface area contributed by atoms with Crippen molar-refractivity contribution in [2.24, 2.45) is 0 Å². The molecule has 129 heavy (non-hydrogen) atoms. The van der Waals surface area contributed by atoms with E-state index in [1.54, 1.807) is 68.4 Å². The van der Waals surface area contributed by atoms with Gasteiger partial charge in [0.1, 0.15) is 17.2 Å². The van der Waals surface area contributed by atoms with E-state index in [0.29, 0.717) is 79.6 Å². The Bertz CT molecular complexity index is 5380. The van der Waals surface area contributed by atoms with Gasteiger partial charge in [0.05, 0.1) is 76.0 Å². The maximum atomic E-state index is 14.0. The van der Waals surface area contributed by atoms with Crippen molar-refractivity contribution in [2.75, 3.05) is 37.9 Å². The number of anilines is 2. The van der Waals surface area contributed by atoms with Crippen molar-refractivity contribution in [2.45, 2.75) is 167 Å². The van der Waals surface area contributed by atoms with Gasteiger partial charge in [-0.25, -0.2) is 18.4 Å². The maximum absolute atomic E-state index is 14.0. The maximum Gasteiger partial charge on any atom is 2.00 e. The topological polar surface area (TPSA) is 340 Å². The smallest absolute Gasteiger partial charge is 0.550 e. The Hall–Kier alpha value is -11.8. The number of rotatable bonds is 36. The van der Waals surface area contributed by atoms with Crippen molar-refractivity contribution < 1.29 is 82.6 Å². The van der Waals surface area contributed by atoms with Gasteiger partial charge in [0.15, 0.2) is 0 Å². The first kappa shape index (κ1) is 103. The number of nitrogens with zero attached hydrogens (tertiary/aromatic N) is 4. The number of allylic oxidation sites excluding steroid dienone is 2. The second kappa shape index (κ2) is 48.6. The molecule has 27 heteroatoms. The summed E-state index contributed by atoms with van der Waals surface area (Å²) < 4.78 is 43.2. The van der Waals surface area contributed by atoms with E-state index in [1.165, 1.54) is 60.7 Å². The fourth-order valence-electron chi connectivity index (χ4n) is 16.5. The molecule has 672 valence electrons. The number of aliphatic carboxylic acids is 2. The van der Waals surface area contributed by atoms with Gasteiger partial charge < -0.3 is 79.7 Å². The fraction of sp³-hybridized carbons (Fsp3) is 0.294. The number of methoxy groups -OCH3 is 1. The number of likely N-dealkylation sites (N-methyl/N-ethyl adjacent to an activating group) is 1. The van der Waals surface area contributed by atoms with Crippen LogP contribution < -0.4 is 26.2 Å². The number of aromatic nitrogens is 2. The van der Waals surface area contributed by atoms with Crippen LogP contribution in [0.1, 0.15) is 173 Å². The summed E-state index contributed by atoms with van der Waals surface area (Å²) in [6.07, 6.45) is -4.67. The number of dihydropyridines is 1. The first-order chi connectivity index (χ1) is 60.7. The number of nitro groups is 1. The molecule has 0 saturated heterocycles. The molecule has 2 amide bonds. The van der Waals surface area contributed by atoms with Crippen molar-refractivity contribution in [1.29, 1.82) is 0 Å². The molecule has 23 nitrogen and oxygen atoms in total. The van der Waals surface area contributed by atoms with Gasteiger partial charge in [0.2, 0.25) is 0 Å². The van der Waals surface area contributed by atoms with Crippen LogP contribution in [-0.2, 0) is 41.7 Å². The molecular formula is C102H110CaClF2N7O16. The van der Waals surface area contributed by atoms with Crippen LogP contribution in [0.2, 0.25) is 0 Å². The Morgan fingerprint density at radius 2 is 0.891 bits per heavy atom. The van der Waals surface area contributed by atoms with Crippen LogP contribution in [-0.4, -0.2) is 170 Å². The third-order valence-electron chi connectivity index (χ3n) is 21.9. The summed E-state index contributed by atoms with van der Waals surface area (Å²) in [5, 5.41) is 83.9. The number of ether oxygens (including phenoxy) is 2. The molecule has 0 radical (unpaired) electrons. The van der Waals surface area contributed by atoms with Crippen molar-refractivity contribution in [1.82, 2.24) is 19.4 Å². The Balaban J connectivity index is 0.000000237. The number of para-hydroxylation sites is 2. The molecule has 11 aromatic rings. The third kappa shape index (κ3) is 27.9. The van der Waals surface area contributed by atoms with Crippen LogP contribution >= 0.6 is 12.4 Å². The predicted molar refractivity (Wildman–Crippen MR) is 496 cm³/mol. The van der Waals surface area contributed by atoms with Crippen LogP contribution in [0.3, 0.4) is 0 Å². The summed E-state index contributed by atoms with van der Waals surface area (Å²) in [6, 6.07) is 76.2. The van der Waals surface area contributed by atoms with Gasteiger partial charge in [0, 0.05) is 108 Å². The number of amides is 2. The fourth-order valence-corrected chi connectivity index (χ4v) is 16.5. The number of halogens is 3. The zero-order valence-electron chi connectivity index (χ0n) is 74.0. The molecule has 12 rings (SSSR count). The van der Waals surface area contributed by atoms with Crippen molar-refractivity contribution >= 4 is 103 Å². The minimum atomic E-state index is -1.39. The standard InChI is InChI=1S/C36H41N3O6.2C33H35FN2O5.Ca.ClH/c1-24-31(34(40)44-6)33(28-18-13-19-29(22-28)39(42)43)32(25(2)37-24)35(41)45-36(3,4)23-38(5)21-20-30(26-14-9-7-10-15-26)27-16-11-8-12-17-27;2*1-21(2)31-30(33(41)35-25-11-7-4-8-12-25)29(22-9-5-3-6-10-22)32(23-13-15-24(34)16-14-23)36(31)18-17-26(37)19-27(38)20-28(39)40;;/h7-19,22,30,33,37H,20-21,23H2,1-6H3;2*3-16,21,26-27,37-38H,17-20H2,1-2H3,(H,35,41)(H,39,40);;1H/q;;;+2;/p-2/t;2*26-,27-;;/m.11../s1. The minimum absolute atomic E-state index is 0. The van der Waals surface area contributed by atoms with E-state index in [9.17, 15) is 78.3 Å². The average molecular weight is 1800 g/mol. The van der Waals surface area contributed by atoms with E-state index in [1.807, 2.05) is 167 Å². The number of hydrogen-bond donors (Lipinski definition) is 7. The summed E-state index contributed by atoms with van der Waals surface area (Å²) >= 11 is 0. The molecule has 0 spiro atoms. The number of carbonyl (C=O) groups excluding carboxylic acids is 6. The van der Waals surface area contributed by atoms with E-state index in [-0.39, 0.29) is 135 Å². The quantitative estimate of drug-likeness (QED) is 0.00830. The molecule has 0 aliphatic carbocycles. The number of carboxylic acids is 2. The van der Waals surface area contributed by atoms with Crippen molar-refractivity contribution in [3.05, 3.63) is 338 Å². The van der Waals surface area contributed by atoms with Crippen LogP contribution in [0.15, 0.2) is 277 Å². The van der Waals surface area contributed by atoms with Crippen LogP contribution in [0.4, 0.5) is 25.8 Å². The summed E-state index contributed by atoms with van der Waals surface area (Å²) in [6.45, 7) is 16.8. The van der Waals surface area contributed by atoms with Crippen LogP contribution in [0.5, 0.6) is 0 Å². The second-order valence-electron chi connectivity index (χ2n) is 32.8. The molecule has 5 atom stereocenters. The van der Waals surface area contributed by atoms with E-state index >= 15 is 0 Å². The van der Waals surface area contributed by atoms with Gasteiger partial charge in [-0.15, -0.1) is 12.4 Å². The number of hydrogen-bond acceptors (Lipinski definition) is 18. The van der Waals surface area contributed by atoms with Gasteiger partial charge in [-0.3, -0.25) is 19.7 Å². The monoisotopic (exact) mass is 1800 g/mol. The number of carboxylic acid groups (broad SMARTS) is 2. The number of benzene rings is 9. The largest absolute Gasteiger partial charge is 2.00 e. The number of nitro benzene ring substituents is 1. The molecule has 3 heterocycles. The number of aliphatic hydroxyl groups excluding tert-OH is 4. The molecule has 0 bridgehead atoms. The van der Waals surface area contributed by atoms with Gasteiger partial charge in [0.25, 0.3) is 17.5 Å². The predicted octanol–water partition coefficient (Wildman–Crippen LogP) is 16.5. The van der Waals surface area contributed by atoms with Gasteiger partial charge in [-0.1, -0.05) is 198 Å². The van der Waals surface area contributed by atoms with E-state index in [0.717, 1.165) is 35.5 Å². The molecule has 0 saturated carbocycles. The Morgan fingerprint density at radius 3 is 1.26 bits per heavy atom. The summed E-state index contributed by atoms with van der Waals surface area (Å²) in [5.41, 5.74) is 12.7. The summed E-state index contributed by atoms with van der Waals surface area (Å²) in [5.74, 6) is -6.37. The van der Waals surface area contributed by atoms with Crippen molar-refractivity contribution in [3.63, 3.8) is 0 Å². The normalized spacial score (nSPS) is 13.4. The Kier molecular flexibility index (Phi) is 38.7. The molecule has 0 fully saturated rings. The minimum Gasteiger partial charge on any atom is -0.550 e. The number of non-ortho nitro benzene ring substituents is 1. The molecule has 1 aliphatic heterocycles. The second-order valence-corrected chi connectivity index (χ2v) is 32.8. The molecule has 9 aromatic carbocycles. The Morgan fingerprint density at radius 1 is 0.519 bits per heavy atom. The van der Waals surface area contributed by atoms with Crippen LogP contribution in [0.25, 0.3) is 44.8 Å². The van der Waals surface area contributed by atoms with Gasteiger partial charge in [-0.05, 0) is 197 Å². The van der Waals surface area contributed by atoms with E-state index in [4.69, 9.17) is 9.47 Å². The van der Waals surface area contributed by atoms with E-state index < -0.39 is 89.2 Å². The summed E-state index contributed by atoms with van der Waals surface area (Å²) in [7, 11) is 3.26. The molecule has 1 unspecified atom stereocenters. The summed E-state index contributed by atoms with van der Waals surface area (Å²) in [4.78, 5) is 90.0. The van der Waals surface area contributed by atoms with E-state index in [2.05, 4.69) is 69.4 Å². The first-order valence-electron chi connectivity index (χ1n) is 42.3. The Labute approximate surface area is 787 Å². The number of carbonyl (C=O) groups is 6.